The topological polar surface area (TPSA) is 184 Å². The van der Waals surface area contributed by atoms with Gasteiger partial charge in [-0.05, 0) is 72.6 Å². The molecule has 12 nitrogen and oxygen atoms in total. The number of nitrogens with zero attached hydrogens (tertiary/aromatic N) is 2. The van der Waals surface area contributed by atoms with Crippen molar-refractivity contribution in [3.63, 3.8) is 0 Å². The molecule has 4 aromatic rings. The van der Waals surface area contributed by atoms with Crippen molar-refractivity contribution in [2.45, 2.75) is 57.9 Å². The van der Waals surface area contributed by atoms with E-state index in [9.17, 15) is 29.1 Å². The van der Waals surface area contributed by atoms with Crippen LogP contribution in [0.5, 0.6) is 5.75 Å². The van der Waals surface area contributed by atoms with E-state index >= 15 is 0 Å². The molecule has 4 amide bonds. The van der Waals surface area contributed by atoms with Crippen molar-refractivity contribution in [2.75, 3.05) is 26.7 Å². The van der Waals surface area contributed by atoms with Crippen LogP contribution >= 0.6 is 11.3 Å². The van der Waals surface area contributed by atoms with E-state index in [0.29, 0.717) is 19.4 Å². The van der Waals surface area contributed by atoms with Gasteiger partial charge < -0.3 is 31.7 Å². The first-order valence-electron chi connectivity index (χ1n) is 17.9. The number of phenols is 1. The number of amides is 4. The van der Waals surface area contributed by atoms with Crippen LogP contribution in [0.25, 0.3) is 10.4 Å². The van der Waals surface area contributed by atoms with Crippen LogP contribution < -0.4 is 21.7 Å². The number of thiazole rings is 1. The number of phenolic OH excluding ortho intramolecular Hbond substituents is 1. The summed E-state index contributed by atoms with van der Waals surface area (Å²) in [5.74, 6) is -2.34. The number of aromatic nitrogens is 1. The third kappa shape index (κ3) is 10.2. The maximum Gasteiger partial charge on any atom is 0.267 e. The third-order valence-electron chi connectivity index (χ3n) is 9.50. The summed E-state index contributed by atoms with van der Waals surface area (Å²) >= 11 is 1.60. The smallest absolute Gasteiger partial charge is 0.267 e. The van der Waals surface area contributed by atoms with Crippen LogP contribution in [0.15, 0.2) is 84.0 Å². The van der Waals surface area contributed by atoms with Gasteiger partial charge in [0.2, 0.25) is 11.8 Å². The van der Waals surface area contributed by atoms with Crippen LogP contribution in [0, 0.1) is 6.92 Å². The fraction of sp³-hybridized carbons (Fsp3) is 0.317. The Morgan fingerprint density at radius 2 is 1.76 bits per heavy atom. The van der Waals surface area contributed by atoms with E-state index < -0.39 is 23.3 Å². The number of rotatable bonds is 16. The second-order valence-corrected chi connectivity index (χ2v) is 14.3. The van der Waals surface area contributed by atoms with Crippen LogP contribution in [-0.4, -0.2) is 71.1 Å². The van der Waals surface area contributed by atoms with Crippen LogP contribution in [0.1, 0.15) is 87.7 Å². The Morgan fingerprint density at radius 3 is 2.48 bits per heavy atom. The highest BCUT2D eigenvalue weighted by Crippen LogP contribution is 2.31. The van der Waals surface area contributed by atoms with Gasteiger partial charge in [-0.1, -0.05) is 55.5 Å². The van der Waals surface area contributed by atoms with E-state index in [2.05, 4.69) is 33.1 Å². The molecular weight excluding hydrogens is 705 g/mol. The maximum atomic E-state index is 13.0. The number of hydrogen-bond donors (Lipinski definition) is 5. The molecule has 6 N–H and O–H groups in total. The molecular formula is C41H46N6O6S. The largest absolute Gasteiger partial charge is 0.507 e. The minimum absolute atomic E-state index is 0.0249. The lowest BCUT2D eigenvalue weighted by Crippen LogP contribution is -2.36. The van der Waals surface area contributed by atoms with Crippen LogP contribution in [0.4, 0.5) is 0 Å². The molecule has 0 radical (unpaired) electrons. The second kappa shape index (κ2) is 18.3. The van der Waals surface area contributed by atoms with Crippen LogP contribution in [-0.2, 0) is 20.8 Å². The van der Waals surface area contributed by atoms with Crippen molar-refractivity contribution in [3.05, 3.63) is 118 Å². The Hall–Kier alpha value is -5.82. The van der Waals surface area contributed by atoms with Gasteiger partial charge in [0, 0.05) is 51.2 Å². The number of nitrogens with one attached hydrogen (secondary N) is 3. The van der Waals surface area contributed by atoms with Crippen molar-refractivity contribution in [1.29, 1.82) is 0 Å². The molecule has 0 fully saturated rings. The van der Waals surface area contributed by atoms with E-state index in [4.69, 9.17) is 5.73 Å². The van der Waals surface area contributed by atoms with Gasteiger partial charge in [0.05, 0.1) is 27.7 Å². The fourth-order valence-electron chi connectivity index (χ4n) is 6.35. The molecule has 0 aliphatic heterocycles. The van der Waals surface area contributed by atoms with E-state index in [1.54, 1.807) is 11.3 Å². The summed E-state index contributed by atoms with van der Waals surface area (Å²) in [6, 6.07) is 19.7. The summed E-state index contributed by atoms with van der Waals surface area (Å²) in [4.78, 5) is 70.2. The number of carbonyl (C=O) groups excluding carboxylic acids is 5. The standard InChI is InChI=1S/C41H46N6O6S/c1-25(27-10-12-29(13-11-27)39-26(2)45-24-54-39)21-38(51)43-18-6-9-37(50)44-19-20-47(3)41(53)32-16-14-30(22-36(32)49)35(48)23-33(42)40(52)46-34-17-15-28-7-4-5-8-31(28)34/h4-5,7-8,10-14,16,22-25,34,49H,6,9,15,17-21,42H2,1-3H3,(H,43,51)(H,44,50)(H,46,52)/t25-,34+/m0/s1. The number of fused-ring (bicyclic) bond motifs is 1. The molecule has 0 bridgehead atoms. The number of nitrogens with two attached hydrogens (primary N) is 1. The summed E-state index contributed by atoms with van der Waals surface area (Å²) in [5.41, 5.74) is 12.9. The van der Waals surface area contributed by atoms with Crippen molar-refractivity contribution in [1.82, 2.24) is 25.8 Å². The molecule has 282 valence electrons. The molecule has 3 aromatic carbocycles. The lowest BCUT2D eigenvalue weighted by atomic mass is 9.96. The number of carbonyl (C=O) groups is 5. The summed E-state index contributed by atoms with van der Waals surface area (Å²) in [5, 5.41) is 19.1. The zero-order valence-corrected chi connectivity index (χ0v) is 31.5. The van der Waals surface area contributed by atoms with Crippen molar-refractivity contribution < 1.29 is 29.1 Å². The van der Waals surface area contributed by atoms with E-state index in [-0.39, 0.29) is 60.1 Å². The number of aryl methyl sites for hydroxylation is 2. The number of benzene rings is 3. The Kier molecular flexibility index (Phi) is 13.3. The van der Waals surface area contributed by atoms with Gasteiger partial charge in [-0.25, -0.2) is 4.98 Å². The molecule has 1 aliphatic carbocycles. The second-order valence-electron chi connectivity index (χ2n) is 13.5. The molecule has 1 aromatic heterocycles. The predicted molar refractivity (Wildman–Crippen MR) is 208 cm³/mol. The van der Waals surface area contributed by atoms with Gasteiger partial charge in [-0.3, -0.25) is 24.0 Å². The Morgan fingerprint density at radius 1 is 1.02 bits per heavy atom. The highest BCUT2D eigenvalue weighted by Gasteiger charge is 2.25. The molecule has 1 aliphatic rings. The minimum Gasteiger partial charge on any atom is -0.507 e. The highest BCUT2D eigenvalue weighted by atomic mass is 32.1. The first-order chi connectivity index (χ1) is 25.9. The van der Waals surface area contributed by atoms with E-state index in [0.717, 1.165) is 52.2 Å². The Balaban J connectivity index is 0.984. The number of likely N-dealkylation sites (N-methyl/N-ethyl adjacent to an activating group) is 1. The van der Waals surface area contributed by atoms with Crippen molar-refractivity contribution in [2.24, 2.45) is 5.73 Å². The maximum absolute atomic E-state index is 13.0. The zero-order valence-electron chi connectivity index (χ0n) is 30.7. The first kappa shape index (κ1) is 39.4. The van der Waals surface area contributed by atoms with Gasteiger partial charge in [0.15, 0.2) is 5.78 Å². The molecule has 54 heavy (non-hydrogen) atoms. The molecule has 0 spiro atoms. The number of aromatic hydroxyl groups is 1. The van der Waals surface area contributed by atoms with Gasteiger partial charge in [0.25, 0.3) is 11.8 Å². The van der Waals surface area contributed by atoms with Crippen molar-refractivity contribution >= 4 is 40.7 Å². The minimum atomic E-state index is -0.599. The Labute approximate surface area is 318 Å². The van der Waals surface area contributed by atoms with Crippen LogP contribution in [0.3, 0.4) is 0 Å². The van der Waals surface area contributed by atoms with Gasteiger partial charge in [0.1, 0.15) is 11.4 Å². The summed E-state index contributed by atoms with van der Waals surface area (Å²) in [7, 11) is 1.53. The predicted octanol–water partition coefficient (Wildman–Crippen LogP) is 4.93. The zero-order chi connectivity index (χ0) is 38.8. The number of hydrogen-bond acceptors (Lipinski definition) is 9. The first-order valence-corrected chi connectivity index (χ1v) is 18.8. The molecule has 0 saturated heterocycles. The average molecular weight is 751 g/mol. The van der Waals surface area contributed by atoms with Gasteiger partial charge >= 0.3 is 0 Å². The van der Waals surface area contributed by atoms with E-state index in [1.807, 2.05) is 55.8 Å². The quantitative estimate of drug-likeness (QED) is 0.0607. The third-order valence-corrected chi connectivity index (χ3v) is 10.5. The number of allylic oxidation sites excluding steroid dienone is 1. The summed E-state index contributed by atoms with van der Waals surface area (Å²) in [6.07, 6.45) is 3.58. The number of ketones is 1. The monoisotopic (exact) mass is 750 g/mol. The SMILES string of the molecule is Cc1ncsc1-c1ccc([C@@H](C)CC(=O)NCCCC(=O)NCCN(C)C(=O)c2ccc(C(=O)C=C(N)C(=O)N[C@@H]3CCc4ccccc43)cc2O)cc1. The van der Waals surface area contributed by atoms with E-state index in [1.165, 1.54) is 29.6 Å². The average Bonchev–Trinajstić information content (AvgIpc) is 3.78. The van der Waals surface area contributed by atoms with Crippen LogP contribution in [0.2, 0.25) is 0 Å². The normalized spacial score (nSPS) is 14.1. The molecule has 0 saturated carbocycles. The molecule has 0 unspecified atom stereocenters. The summed E-state index contributed by atoms with van der Waals surface area (Å²) in [6.45, 7) is 4.71. The van der Waals surface area contributed by atoms with Crippen molar-refractivity contribution in [3.8, 4) is 16.2 Å². The Bertz CT molecular complexity index is 2040. The summed E-state index contributed by atoms with van der Waals surface area (Å²) < 4.78 is 0. The van der Waals surface area contributed by atoms with Gasteiger partial charge in [-0.15, -0.1) is 11.3 Å². The van der Waals surface area contributed by atoms with Gasteiger partial charge in [-0.2, -0.15) is 0 Å². The fourth-order valence-corrected chi connectivity index (χ4v) is 7.16. The molecule has 13 heteroatoms. The molecule has 5 rings (SSSR count). The molecule has 2 atom stereocenters. The molecule has 1 heterocycles. The lowest BCUT2D eigenvalue weighted by molar-refractivity contribution is -0.123. The highest BCUT2D eigenvalue weighted by molar-refractivity contribution is 7.13. The lowest BCUT2D eigenvalue weighted by Gasteiger charge is -2.18.